The second-order valence-corrected chi connectivity index (χ2v) is 5.84. The van der Waals surface area contributed by atoms with Crippen LogP contribution in [0.25, 0.3) is 0 Å². The Labute approximate surface area is 106 Å². The van der Waals surface area contributed by atoms with Crippen molar-refractivity contribution in [2.45, 2.75) is 52.2 Å². The summed E-state index contributed by atoms with van der Waals surface area (Å²) in [4.78, 5) is 35.9. The number of nitrogens with zero attached hydrogens (tertiary/aromatic N) is 1. The molecular formula is C12H19NO5. The van der Waals surface area contributed by atoms with Crippen LogP contribution in [0.3, 0.4) is 0 Å². The maximum Gasteiger partial charge on any atom is 0.418 e. The van der Waals surface area contributed by atoms with Crippen LogP contribution in [0.4, 0.5) is 4.79 Å². The predicted octanol–water partition coefficient (Wildman–Crippen LogP) is 1.63. The topological polar surface area (TPSA) is 83.9 Å². The van der Waals surface area contributed by atoms with E-state index in [1.165, 1.54) is 6.92 Å². The van der Waals surface area contributed by atoms with E-state index in [0.717, 1.165) is 4.90 Å². The van der Waals surface area contributed by atoms with Crippen molar-refractivity contribution in [3.8, 4) is 0 Å². The van der Waals surface area contributed by atoms with Crippen molar-refractivity contribution in [2.75, 3.05) is 0 Å². The molecule has 1 rings (SSSR count). The number of carbonyl (C=O) groups is 3. The molecule has 6 heteroatoms. The van der Waals surface area contributed by atoms with Crippen LogP contribution in [0.15, 0.2) is 0 Å². The number of carboxylic acid groups (broad SMARTS) is 1. The Kier molecular flexibility index (Phi) is 3.42. The van der Waals surface area contributed by atoms with E-state index < -0.39 is 35.0 Å². The van der Waals surface area contributed by atoms with Gasteiger partial charge in [0, 0.05) is 5.92 Å². The summed E-state index contributed by atoms with van der Waals surface area (Å²) in [5, 5.41) is 9.22. The third-order valence-electron chi connectivity index (χ3n) is 2.88. The zero-order valence-electron chi connectivity index (χ0n) is 11.3. The molecule has 6 nitrogen and oxygen atoms in total. The fraction of sp³-hybridized carbons (Fsp3) is 0.750. The summed E-state index contributed by atoms with van der Waals surface area (Å²) in [6.45, 7) is 7.95. The fourth-order valence-electron chi connectivity index (χ4n) is 2.02. The van der Waals surface area contributed by atoms with Crippen molar-refractivity contribution in [3.05, 3.63) is 0 Å². The van der Waals surface area contributed by atoms with Crippen LogP contribution in [-0.4, -0.2) is 39.1 Å². The number of imide groups is 1. The summed E-state index contributed by atoms with van der Waals surface area (Å²) >= 11 is 0. The van der Waals surface area contributed by atoms with Crippen LogP contribution in [0, 0.1) is 5.92 Å². The van der Waals surface area contributed by atoms with Crippen molar-refractivity contribution >= 4 is 18.0 Å². The molecule has 1 heterocycles. The molecule has 1 fully saturated rings. The van der Waals surface area contributed by atoms with Gasteiger partial charge >= 0.3 is 12.1 Å². The average molecular weight is 257 g/mol. The third-order valence-corrected chi connectivity index (χ3v) is 2.88. The zero-order valence-corrected chi connectivity index (χ0v) is 11.3. The normalized spacial score (nSPS) is 28.4. The molecule has 0 aromatic heterocycles. The second kappa shape index (κ2) is 4.26. The minimum atomic E-state index is -1.53. The average Bonchev–Trinajstić information content (AvgIpc) is 2.36. The molecule has 0 spiro atoms. The minimum absolute atomic E-state index is 0.0976. The fourth-order valence-corrected chi connectivity index (χ4v) is 2.02. The lowest BCUT2D eigenvalue weighted by atomic mass is 9.95. The number of hydrogen-bond donors (Lipinski definition) is 1. The third kappa shape index (κ3) is 2.47. The number of amides is 2. The number of aliphatic carboxylic acids is 1. The van der Waals surface area contributed by atoms with Crippen LogP contribution in [0.2, 0.25) is 0 Å². The highest BCUT2D eigenvalue weighted by Gasteiger charge is 2.55. The zero-order chi connectivity index (χ0) is 14.3. The summed E-state index contributed by atoms with van der Waals surface area (Å²) in [6, 6.07) is 0. The number of rotatable bonds is 1. The molecule has 2 atom stereocenters. The number of hydrogen-bond acceptors (Lipinski definition) is 4. The maximum atomic E-state index is 12.0. The molecule has 1 aliphatic rings. The second-order valence-electron chi connectivity index (χ2n) is 5.84. The lowest BCUT2D eigenvalue weighted by molar-refractivity contribution is -0.152. The Morgan fingerprint density at radius 3 is 2.33 bits per heavy atom. The van der Waals surface area contributed by atoms with Crippen LogP contribution < -0.4 is 0 Å². The molecule has 0 aromatic rings. The minimum Gasteiger partial charge on any atom is -0.479 e. The van der Waals surface area contributed by atoms with Crippen LogP contribution in [0.1, 0.15) is 41.0 Å². The number of likely N-dealkylation sites (tertiary alicyclic amines) is 1. The highest BCUT2D eigenvalue weighted by atomic mass is 16.6. The molecule has 0 aromatic carbocycles. The number of ether oxygens (including phenoxy) is 1. The van der Waals surface area contributed by atoms with Gasteiger partial charge in [0.25, 0.3) is 0 Å². The van der Waals surface area contributed by atoms with E-state index in [2.05, 4.69) is 0 Å². The standard InChI is InChI=1S/C12H19NO5/c1-7-6-12(5,9(15)16)13(8(7)14)10(17)18-11(2,3)4/h7H,6H2,1-5H3,(H,15,16)/t7-,12+/m1/s1. The van der Waals surface area contributed by atoms with Crippen molar-refractivity contribution in [1.82, 2.24) is 4.90 Å². The van der Waals surface area contributed by atoms with Gasteiger partial charge in [-0.1, -0.05) is 6.92 Å². The van der Waals surface area contributed by atoms with E-state index in [-0.39, 0.29) is 6.42 Å². The highest BCUT2D eigenvalue weighted by molar-refractivity contribution is 6.02. The highest BCUT2D eigenvalue weighted by Crippen LogP contribution is 2.35. The van der Waals surface area contributed by atoms with Crippen molar-refractivity contribution in [2.24, 2.45) is 5.92 Å². The monoisotopic (exact) mass is 257 g/mol. The van der Waals surface area contributed by atoms with E-state index in [4.69, 9.17) is 4.74 Å². The quantitative estimate of drug-likeness (QED) is 0.771. The van der Waals surface area contributed by atoms with Gasteiger partial charge in [-0.05, 0) is 34.1 Å². The smallest absolute Gasteiger partial charge is 0.418 e. The molecule has 18 heavy (non-hydrogen) atoms. The molecular weight excluding hydrogens is 238 g/mol. The van der Waals surface area contributed by atoms with E-state index in [0.29, 0.717) is 0 Å². The molecule has 102 valence electrons. The van der Waals surface area contributed by atoms with Gasteiger partial charge in [0.1, 0.15) is 11.1 Å². The molecule has 2 amide bonds. The first kappa shape index (κ1) is 14.5. The largest absolute Gasteiger partial charge is 0.479 e. The maximum absolute atomic E-state index is 12.0. The first-order valence-corrected chi connectivity index (χ1v) is 5.79. The van der Waals surface area contributed by atoms with Crippen LogP contribution in [-0.2, 0) is 14.3 Å². The summed E-state index contributed by atoms with van der Waals surface area (Å²) in [5.41, 5.74) is -2.30. The molecule has 0 aliphatic carbocycles. The van der Waals surface area contributed by atoms with Gasteiger partial charge in [0.15, 0.2) is 0 Å². The Morgan fingerprint density at radius 2 is 1.94 bits per heavy atom. The van der Waals surface area contributed by atoms with E-state index in [1.807, 2.05) is 0 Å². The first-order chi connectivity index (χ1) is 7.99. The summed E-state index contributed by atoms with van der Waals surface area (Å²) in [6.07, 6.45) is -0.804. The van der Waals surface area contributed by atoms with Gasteiger partial charge in [-0.2, -0.15) is 0 Å². The molecule has 0 radical (unpaired) electrons. The van der Waals surface area contributed by atoms with E-state index in [1.54, 1.807) is 27.7 Å². The van der Waals surface area contributed by atoms with E-state index >= 15 is 0 Å². The van der Waals surface area contributed by atoms with Crippen LogP contribution in [0.5, 0.6) is 0 Å². The molecule has 1 aliphatic heterocycles. The first-order valence-electron chi connectivity index (χ1n) is 5.79. The predicted molar refractivity (Wildman–Crippen MR) is 62.9 cm³/mol. The van der Waals surface area contributed by atoms with Crippen molar-refractivity contribution in [1.29, 1.82) is 0 Å². The lowest BCUT2D eigenvalue weighted by Gasteiger charge is -2.31. The van der Waals surface area contributed by atoms with Gasteiger partial charge in [0.05, 0.1) is 0 Å². The summed E-state index contributed by atoms with van der Waals surface area (Å²) in [7, 11) is 0. The van der Waals surface area contributed by atoms with Crippen molar-refractivity contribution < 1.29 is 24.2 Å². The van der Waals surface area contributed by atoms with Gasteiger partial charge in [0.2, 0.25) is 5.91 Å². The Morgan fingerprint density at radius 1 is 1.44 bits per heavy atom. The summed E-state index contributed by atoms with van der Waals surface area (Å²) in [5.74, 6) is -2.21. The SMILES string of the molecule is C[C@@H]1C[C@@](C)(C(=O)O)N(C(=O)OC(C)(C)C)C1=O. The summed E-state index contributed by atoms with van der Waals surface area (Å²) < 4.78 is 5.09. The molecule has 0 unspecified atom stereocenters. The van der Waals surface area contributed by atoms with Gasteiger partial charge in [-0.15, -0.1) is 0 Å². The molecule has 1 saturated heterocycles. The Bertz CT molecular complexity index is 398. The molecule has 1 N–H and O–H groups in total. The van der Waals surface area contributed by atoms with Crippen molar-refractivity contribution in [3.63, 3.8) is 0 Å². The van der Waals surface area contributed by atoms with Gasteiger partial charge in [-0.3, -0.25) is 4.79 Å². The van der Waals surface area contributed by atoms with Crippen LogP contribution >= 0.6 is 0 Å². The van der Waals surface area contributed by atoms with E-state index in [9.17, 15) is 19.5 Å². The van der Waals surface area contributed by atoms with Gasteiger partial charge < -0.3 is 9.84 Å². The Hall–Kier alpha value is -1.59. The lowest BCUT2D eigenvalue weighted by Crippen LogP contribution is -2.53. The molecule has 0 bridgehead atoms. The van der Waals surface area contributed by atoms with Gasteiger partial charge in [-0.25, -0.2) is 14.5 Å². The number of carbonyl (C=O) groups excluding carboxylic acids is 2. The molecule has 0 saturated carbocycles. The Balaban J connectivity index is 3.07. The number of carboxylic acids is 1.